The van der Waals surface area contributed by atoms with Crippen molar-refractivity contribution in [2.24, 2.45) is 17.8 Å². The van der Waals surface area contributed by atoms with Crippen LogP contribution in [0.5, 0.6) is 0 Å². The number of carbonyl (C=O) groups is 1. The number of Topliss-reactive ketones (excluding diaryl/α,β-unsaturated/α-hetero) is 1. The van der Waals surface area contributed by atoms with E-state index in [0.29, 0.717) is 23.5 Å². The van der Waals surface area contributed by atoms with Crippen LogP contribution in [0.1, 0.15) is 45.4 Å². The Kier molecular flexibility index (Phi) is 3.79. The van der Waals surface area contributed by atoms with Crippen LogP contribution in [0.3, 0.4) is 0 Å². The van der Waals surface area contributed by atoms with E-state index in [2.05, 4.69) is 12.2 Å². The second kappa shape index (κ2) is 5.11. The predicted molar refractivity (Wildman–Crippen MR) is 61.7 cm³/mol. The fraction of sp³-hybridized carbons (Fsp3) is 0.923. The molecule has 2 rings (SSSR count). The minimum Gasteiger partial charge on any atom is -0.316 e. The number of ketones is 1. The summed E-state index contributed by atoms with van der Waals surface area (Å²) < 4.78 is 0. The topological polar surface area (TPSA) is 29.1 Å². The Labute approximate surface area is 92.8 Å². The lowest BCUT2D eigenvalue weighted by atomic mass is 9.73. The smallest absolute Gasteiger partial charge is 0.140 e. The summed E-state index contributed by atoms with van der Waals surface area (Å²) >= 11 is 0. The van der Waals surface area contributed by atoms with Crippen molar-refractivity contribution < 1.29 is 4.79 Å². The molecule has 0 bridgehead atoms. The van der Waals surface area contributed by atoms with Crippen molar-refractivity contribution in [3.05, 3.63) is 0 Å². The van der Waals surface area contributed by atoms with Crippen LogP contribution in [-0.2, 0) is 4.79 Å². The van der Waals surface area contributed by atoms with Crippen molar-refractivity contribution >= 4 is 5.78 Å². The van der Waals surface area contributed by atoms with Crippen LogP contribution in [-0.4, -0.2) is 18.9 Å². The summed E-state index contributed by atoms with van der Waals surface area (Å²) in [6.07, 6.45) is 7.32. The van der Waals surface area contributed by atoms with Gasteiger partial charge in [0, 0.05) is 18.4 Å². The third-order valence-corrected chi connectivity index (χ3v) is 4.26. The molecule has 0 aromatic rings. The average Bonchev–Trinajstić information content (AvgIpc) is 2.81. The van der Waals surface area contributed by atoms with Crippen molar-refractivity contribution in [3.8, 4) is 0 Å². The lowest BCUT2D eigenvalue weighted by molar-refractivity contribution is -0.129. The number of carbonyl (C=O) groups excluding carboxylic acids is 1. The van der Waals surface area contributed by atoms with Crippen molar-refractivity contribution in [2.45, 2.75) is 45.4 Å². The van der Waals surface area contributed by atoms with Gasteiger partial charge in [-0.1, -0.05) is 26.2 Å². The van der Waals surface area contributed by atoms with Gasteiger partial charge in [-0.05, 0) is 31.7 Å². The SMILES string of the molecule is CCC1CCCCC1C(=O)C1CCNC1. The molecule has 2 nitrogen and oxygen atoms in total. The molecule has 1 heterocycles. The highest BCUT2D eigenvalue weighted by atomic mass is 16.1. The van der Waals surface area contributed by atoms with Gasteiger partial charge >= 0.3 is 0 Å². The van der Waals surface area contributed by atoms with Crippen molar-refractivity contribution in [3.63, 3.8) is 0 Å². The van der Waals surface area contributed by atoms with E-state index in [4.69, 9.17) is 0 Å². The first-order valence-corrected chi connectivity index (χ1v) is 6.57. The number of hydrogen-bond donors (Lipinski definition) is 1. The lowest BCUT2D eigenvalue weighted by Gasteiger charge is -2.31. The molecule has 0 radical (unpaired) electrons. The molecule has 1 saturated heterocycles. The second-order valence-electron chi connectivity index (χ2n) is 5.15. The minimum absolute atomic E-state index is 0.335. The fourth-order valence-corrected chi connectivity index (χ4v) is 3.27. The zero-order valence-corrected chi connectivity index (χ0v) is 9.80. The van der Waals surface area contributed by atoms with E-state index in [0.717, 1.165) is 25.9 Å². The lowest BCUT2D eigenvalue weighted by Crippen LogP contribution is -2.32. The van der Waals surface area contributed by atoms with Gasteiger partial charge < -0.3 is 5.32 Å². The molecule has 86 valence electrons. The minimum atomic E-state index is 0.335. The van der Waals surface area contributed by atoms with Gasteiger partial charge in [-0.25, -0.2) is 0 Å². The van der Waals surface area contributed by atoms with Crippen LogP contribution in [0.4, 0.5) is 0 Å². The predicted octanol–water partition coefficient (Wildman–Crippen LogP) is 2.38. The zero-order chi connectivity index (χ0) is 10.7. The van der Waals surface area contributed by atoms with Crippen molar-refractivity contribution in [1.82, 2.24) is 5.32 Å². The molecule has 3 unspecified atom stereocenters. The molecule has 3 atom stereocenters. The van der Waals surface area contributed by atoms with Crippen LogP contribution in [0.25, 0.3) is 0 Å². The summed E-state index contributed by atoms with van der Waals surface area (Å²) in [6, 6.07) is 0. The van der Waals surface area contributed by atoms with E-state index in [9.17, 15) is 4.79 Å². The summed E-state index contributed by atoms with van der Waals surface area (Å²) in [5, 5.41) is 3.30. The Bertz CT molecular complexity index is 221. The largest absolute Gasteiger partial charge is 0.316 e. The summed E-state index contributed by atoms with van der Waals surface area (Å²) in [5.41, 5.74) is 0. The number of hydrogen-bond acceptors (Lipinski definition) is 2. The number of rotatable bonds is 3. The van der Waals surface area contributed by atoms with Crippen LogP contribution in [0, 0.1) is 17.8 Å². The van der Waals surface area contributed by atoms with Gasteiger partial charge in [0.2, 0.25) is 0 Å². The van der Waals surface area contributed by atoms with Gasteiger partial charge in [0.15, 0.2) is 0 Å². The molecule has 0 aromatic carbocycles. The third-order valence-electron chi connectivity index (χ3n) is 4.26. The molecule has 1 saturated carbocycles. The van der Waals surface area contributed by atoms with Gasteiger partial charge in [0.1, 0.15) is 5.78 Å². The molecule has 2 heteroatoms. The zero-order valence-electron chi connectivity index (χ0n) is 9.80. The van der Waals surface area contributed by atoms with Gasteiger partial charge in [-0.2, -0.15) is 0 Å². The molecule has 1 aliphatic heterocycles. The molecular formula is C13H23NO. The van der Waals surface area contributed by atoms with Crippen LogP contribution in [0.15, 0.2) is 0 Å². The molecular weight excluding hydrogens is 186 g/mol. The van der Waals surface area contributed by atoms with Gasteiger partial charge in [-0.3, -0.25) is 4.79 Å². The van der Waals surface area contributed by atoms with E-state index in [1.807, 2.05) is 0 Å². The first-order valence-electron chi connectivity index (χ1n) is 6.57. The van der Waals surface area contributed by atoms with E-state index < -0.39 is 0 Å². The molecule has 15 heavy (non-hydrogen) atoms. The Morgan fingerprint density at radius 2 is 2.07 bits per heavy atom. The Balaban J connectivity index is 1.96. The normalized spacial score (nSPS) is 36.7. The Morgan fingerprint density at radius 1 is 1.27 bits per heavy atom. The first-order chi connectivity index (χ1) is 7.33. The fourth-order valence-electron chi connectivity index (χ4n) is 3.27. The maximum atomic E-state index is 12.3. The highest BCUT2D eigenvalue weighted by molar-refractivity contribution is 5.84. The van der Waals surface area contributed by atoms with Gasteiger partial charge in [0.05, 0.1) is 0 Å². The van der Waals surface area contributed by atoms with Gasteiger partial charge in [0.25, 0.3) is 0 Å². The number of nitrogens with one attached hydrogen (secondary N) is 1. The molecule has 0 spiro atoms. The van der Waals surface area contributed by atoms with E-state index in [1.165, 1.54) is 25.7 Å². The molecule has 2 aliphatic rings. The standard InChI is InChI=1S/C13H23NO/c1-2-10-5-3-4-6-12(10)13(15)11-7-8-14-9-11/h10-12,14H,2-9H2,1H3. The highest BCUT2D eigenvalue weighted by Crippen LogP contribution is 2.35. The molecule has 0 amide bonds. The molecule has 1 N–H and O–H groups in total. The van der Waals surface area contributed by atoms with Gasteiger partial charge in [-0.15, -0.1) is 0 Å². The van der Waals surface area contributed by atoms with E-state index in [-0.39, 0.29) is 0 Å². The van der Waals surface area contributed by atoms with Crippen molar-refractivity contribution in [1.29, 1.82) is 0 Å². The Morgan fingerprint density at radius 3 is 2.73 bits per heavy atom. The second-order valence-corrected chi connectivity index (χ2v) is 5.15. The summed E-state index contributed by atoms with van der Waals surface area (Å²) in [7, 11) is 0. The maximum absolute atomic E-state index is 12.3. The first kappa shape index (κ1) is 11.1. The van der Waals surface area contributed by atoms with Crippen LogP contribution < -0.4 is 5.32 Å². The third kappa shape index (κ3) is 2.41. The summed E-state index contributed by atoms with van der Waals surface area (Å²) in [6.45, 7) is 4.22. The molecule has 2 fully saturated rings. The Hall–Kier alpha value is -0.370. The van der Waals surface area contributed by atoms with Crippen LogP contribution in [0.2, 0.25) is 0 Å². The van der Waals surface area contributed by atoms with E-state index in [1.54, 1.807) is 0 Å². The van der Waals surface area contributed by atoms with Crippen molar-refractivity contribution in [2.75, 3.05) is 13.1 Å². The molecule has 0 aromatic heterocycles. The van der Waals surface area contributed by atoms with E-state index >= 15 is 0 Å². The monoisotopic (exact) mass is 209 g/mol. The van der Waals surface area contributed by atoms with Crippen LogP contribution >= 0.6 is 0 Å². The highest BCUT2D eigenvalue weighted by Gasteiger charge is 2.34. The summed E-state index contributed by atoms with van der Waals surface area (Å²) in [5.74, 6) is 1.99. The maximum Gasteiger partial charge on any atom is 0.140 e. The quantitative estimate of drug-likeness (QED) is 0.773. The molecule has 1 aliphatic carbocycles. The average molecular weight is 209 g/mol. The summed E-state index contributed by atoms with van der Waals surface area (Å²) in [4.78, 5) is 12.3.